The number of rotatable bonds is 41. The minimum absolute atomic E-state index is 0.193. The molecule has 10 nitrogen and oxygen atoms in total. The Bertz CT molecular complexity index is 2680. The topological polar surface area (TPSA) is 125 Å². The molecule has 81 heavy (non-hydrogen) atoms. The van der Waals surface area contributed by atoms with Crippen LogP contribution in [-0.2, 0) is 14.3 Å². The number of nitriles is 1. The molecule has 6 aromatic carbocycles. The predicted octanol–water partition coefficient (Wildman–Crippen LogP) is 17.7. The molecule has 0 saturated carbocycles. The molecule has 0 aliphatic carbocycles. The summed E-state index contributed by atoms with van der Waals surface area (Å²) in [5.41, 5.74) is 7.37. The number of ether oxygens (including phenoxy) is 6. The first-order valence-corrected chi connectivity index (χ1v) is 30.3. The van der Waals surface area contributed by atoms with Gasteiger partial charge >= 0.3 is 5.97 Å². The van der Waals surface area contributed by atoms with E-state index in [9.17, 15) is 9.59 Å². The summed E-state index contributed by atoms with van der Waals surface area (Å²) in [5, 5.41) is 12.2. The number of carbonyl (C=O) groups is 2. The van der Waals surface area contributed by atoms with Gasteiger partial charge in [-0.1, -0.05) is 170 Å². The Balaban J connectivity index is 0.807. The van der Waals surface area contributed by atoms with Crippen LogP contribution < -0.4 is 29.0 Å². The maximum Gasteiger partial charge on any atom is 0.306 e. The maximum absolute atomic E-state index is 13.5. The van der Waals surface area contributed by atoms with Crippen molar-refractivity contribution in [3.8, 4) is 68.2 Å². The monoisotopic (exact) mass is 1100 g/mol. The van der Waals surface area contributed by atoms with Gasteiger partial charge in [0.1, 0.15) is 28.7 Å². The van der Waals surface area contributed by atoms with Crippen molar-refractivity contribution in [2.45, 2.75) is 161 Å². The van der Waals surface area contributed by atoms with Gasteiger partial charge in [0.25, 0.3) is 5.91 Å². The first kappa shape index (κ1) is 62.9. The average Bonchev–Trinajstić information content (AvgIpc) is 3.51. The van der Waals surface area contributed by atoms with Gasteiger partial charge in [-0.15, -0.1) is 0 Å². The zero-order valence-electron chi connectivity index (χ0n) is 48.8. The minimum Gasteiger partial charge on any atom is -0.497 e. The van der Waals surface area contributed by atoms with E-state index in [4.69, 9.17) is 33.7 Å². The number of methoxy groups -OCH3 is 1. The fourth-order valence-electron chi connectivity index (χ4n) is 9.54. The number of amides is 1. The Morgan fingerprint density at radius 3 is 1.19 bits per heavy atom. The molecule has 0 bridgehead atoms. The molecule has 0 aliphatic heterocycles. The highest BCUT2D eigenvalue weighted by atomic mass is 16.5. The summed E-state index contributed by atoms with van der Waals surface area (Å²) in [6, 6.07) is 50.7. The Morgan fingerprint density at radius 2 is 0.790 bits per heavy atom. The molecule has 1 amide bonds. The van der Waals surface area contributed by atoms with Crippen LogP contribution >= 0.6 is 0 Å². The molecule has 1 unspecified atom stereocenters. The van der Waals surface area contributed by atoms with E-state index in [0.717, 1.165) is 171 Å². The zero-order valence-corrected chi connectivity index (χ0v) is 48.8. The van der Waals surface area contributed by atoms with Crippen molar-refractivity contribution in [1.82, 2.24) is 5.32 Å². The lowest BCUT2D eigenvalue weighted by Crippen LogP contribution is -2.38. The summed E-state index contributed by atoms with van der Waals surface area (Å²) in [7, 11) is 1.68. The van der Waals surface area contributed by atoms with E-state index < -0.39 is 6.10 Å². The third kappa shape index (κ3) is 24.6. The normalized spacial score (nSPS) is 11.7. The van der Waals surface area contributed by atoms with Crippen molar-refractivity contribution in [3.05, 3.63) is 151 Å². The molecule has 0 saturated heterocycles. The lowest BCUT2D eigenvalue weighted by Gasteiger charge is -2.18. The predicted molar refractivity (Wildman–Crippen MR) is 328 cm³/mol. The van der Waals surface area contributed by atoms with E-state index in [1.807, 2.05) is 97.1 Å². The van der Waals surface area contributed by atoms with Crippen molar-refractivity contribution in [2.75, 3.05) is 40.1 Å². The van der Waals surface area contributed by atoms with E-state index in [1.165, 1.54) is 25.7 Å². The smallest absolute Gasteiger partial charge is 0.306 e. The lowest BCUT2D eigenvalue weighted by atomic mass is 10.0. The third-order valence-electron chi connectivity index (χ3n) is 14.9. The lowest BCUT2D eigenvalue weighted by molar-refractivity contribution is -0.156. The fourth-order valence-corrected chi connectivity index (χ4v) is 9.54. The highest BCUT2D eigenvalue weighted by molar-refractivity contribution is 5.83. The van der Waals surface area contributed by atoms with Gasteiger partial charge in [0.15, 0.2) is 6.10 Å². The Morgan fingerprint density at radius 1 is 0.444 bits per heavy atom. The highest BCUT2D eigenvalue weighted by Crippen LogP contribution is 2.28. The number of carbonyl (C=O) groups excluding carboxylic acids is 2. The van der Waals surface area contributed by atoms with E-state index in [2.05, 4.69) is 73.8 Å². The van der Waals surface area contributed by atoms with Gasteiger partial charge in [-0.05, 0) is 163 Å². The molecule has 0 fully saturated rings. The first-order valence-electron chi connectivity index (χ1n) is 30.3. The van der Waals surface area contributed by atoms with Crippen molar-refractivity contribution >= 4 is 11.9 Å². The first-order chi connectivity index (χ1) is 39.8. The second-order valence-electron chi connectivity index (χ2n) is 21.4. The summed E-state index contributed by atoms with van der Waals surface area (Å²) in [5.74, 6) is 4.43. The number of hydrogen-bond acceptors (Lipinski definition) is 9. The second kappa shape index (κ2) is 37.6. The number of nitrogens with one attached hydrogen (secondary N) is 1. The second-order valence-corrected chi connectivity index (χ2v) is 21.4. The SMILES string of the molecule is CC[C@H](C)COc1ccc(-c2ccc(OCCCCCCCCCCC(=O)OC(CCCCCCCCCCOc3ccc(-c4ccc(OC)cc4)cc3)C(=O)NCCCCCOc3ccc(-c4ccc(C#N)cc4)cc3)cc2)cc1. The van der Waals surface area contributed by atoms with Crippen LogP contribution in [0.4, 0.5) is 0 Å². The van der Waals surface area contributed by atoms with Crippen LogP contribution in [-0.4, -0.2) is 58.1 Å². The fraction of sp³-hybridized carbons (Fsp3) is 0.451. The van der Waals surface area contributed by atoms with Crippen LogP contribution in [0.3, 0.4) is 0 Å². The molecule has 6 rings (SSSR count). The van der Waals surface area contributed by atoms with Crippen LogP contribution in [0.2, 0.25) is 0 Å². The van der Waals surface area contributed by atoms with Gasteiger partial charge in [0.2, 0.25) is 0 Å². The Hall–Kier alpha value is -7.25. The van der Waals surface area contributed by atoms with Gasteiger partial charge in [0.05, 0.1) is 45.2 Å². The minimum atomic E-state index is -0.766. The molecule has 0 heterocycles. The van der Waals surface area contributed by atoms with Crippen molar-refractivity contribution < 1.29 is 38.0 Å². The van der Waals surface area contributed by atoms with E-state index >= 15 is 0 Å². The van der Waals surface area contributed by atoms with Gasteiger partial charge in [-0.2, -0.15) is 5.26 Å². The highest BCUT2D eigenvalue weighted by Gasteiger charge is 2.22. The molecule has 0 spiro atoms. The van der Waals surface area contributed by atoms with Crippen LogP contribution in [0.15, 0.2) is 146 Å². The van der Waals surface area contributed by atoms with Crippen molar-refractivity contribution in [3.63, 3.8) is 0 Å². The third-order valence-corrected chi connectivity index (χ3v) is 14.9. The van der Waals surface area contributed by atoms with Gasteiger partial charge in [-0.25, -0.2) is 0 Å². The largest absolute Gasteiger partial charge is 0.497 e. The maximum atomic E-state index is 13.5. The van der Waals surface area contributed by atoms with Gasteiger partial charge in [-0.3, -0.25) is 9.59 Å². The molecule has 0 aliphatic rings. The summed E-state index contributed by atoms with van der Waals surface area (Å²) >= 11 is 0. The number of benzene rings is 6. The number of unbranched alkanes of at least 4 members (excludes halogenated alkanes) is 16. The van der Waals surface area contributed by atoms with E-state index in [1.54, 1.807) is 7.11 Å². The molecule has 432 valence electrons. The zero-order chi connectivity index (χ0) is 57.0. The molecule has 2 atom stereocenters. The van der Waals surface area contributed by atoms with E-state index in [0.29, 0.717) is 50.7 Å². The molecule has 0 aromatic heterocycles. The summed E-state index contributed by atoms with van der Waals surface area (Å²) in [6.07, 6.45) is 20.8. The van der Waals surface area contributed by atoms with Crippen LogP contribution in [0.1, 0.15) is 161 Å². The van der Waals surface area contributed by atoms with E-state index in [-0.39, 0.29) is 11.9 Å². The Labute approximate surface area is 484 Å². The van der Waals surface area contributed by atoms with Gasteiger partial charge < -0.3 is 33.7 Å². The number of esters is 1. The standard InChI is InChI=1S/C71H90N2O8/c1-4-56(2)55-80-68-48-38-63(39-49-68)62-36-46-66(47-37-62)78-52-22-16-12-8-6-10-14-19-25-70(74)81-69(71(75)73-50-20-17-23-53-79-67-42-32-60(33-43-67)58-28-26-57(54-72)27-29-58)24-18-13-9-5-7-11-15-21-51-77-65-44-34-61(35-45-65)59-30-40-64(76-3)41-31-59/h26-49,56,69H,4-25,50-53,55H2,1-3H3,(H,73,75)/t56-,69?/m0/s1. The van der Waals surface area contributed by atoms with Crippen LogP contribution in [0.5, 0.6) is 28.7 Å². The molecule has 10 heteroatoms. The quantitative estimate of drug-likeness (QED) is 0.0295. The van der Waals surface area contributed by atoms with Crippen LogP contribution in [0.25, 0.3) is 33.4 Å². The molecule has 1 N–H and O–H groups in total. The number of nitrogens with zero attached hydrogens (tertiary/aromatic N) is 1. The average molecular weight is 1100 g/mol. The van der Waals surface area contributed by atoms with Crippen molar-refractivity contribution in [1.29, 1.82) is 5.26 Å². The van der Waals surface area contributed by atoms with Crippen LogP contribution in [0, 0.1) is 17.2 Å². The molecule has 0 radical (unpaired) electrons. The summed E-state index contributed by atoms with van der Waals surface area (Å²) < 4.78 is 35.1. The Kier molecular flexibility index (Phi) is 29.2. The number of hydrogen-bond donors (Lipinski definition) is 1. The summed E-state index contributed by atoms with van der Waals surface area (Å²) in [4.78, 5) is 26.6. The molecule has 6 aromatic rings. The van der Waals surface area contributed by atoms with Gasteiger partial charge in [0, 0.05) is 13.0 Å². The molecular formula is C71H90N2O8. The molecular weight excluding hydrogens is 1010 g/mol. The summed E-state index contributed by atoms with van der Waals surface area (Å²) in [6.45, 7) is 7.66. The van der Waals surface area contributed by atoms with Crippen molar-refractivity contribution in [2.24, 2.45) is 5.92 Å².